The Labute approximate surface area is 115 Å². The van der Waals surface area contributed by atoms with Crippen molar-refractivity contribution in [1.29, 1.82) is 5.26 Å². The highest BCUT2D eigenvalue weighted by atomic mass is 16.5. The zero-order valence-corrected chi connectivity index (χ0v) is 12.2. The van der Waals surface area contributed by atoms with Gasteiger partial charge in [-0.25, -0.2) is 0 Å². The molecule has 1 aliphatic heterocycles. The van der Waals surface area contributed by atoms with Crippen molar-refractivity contribution in [2.75, 3.05) is 20.7 Å². The molecule has 0 fully saturated rings. The Balaban J connectivity index is 2.68. The Morgan fingerprint density at radius 3 is 2.68 bits per heavy atom. The number of nitriles is 1. The molecule has 1 aromatic rings. The average molecular weight is 258 g/mol. The zero-order chi connectivity index (χ0) is 14.0. The highest BCUT2D eigenvalue weighted by Crippen LogP contribution is 2.42. The molecule has 19 heavy (non-hydrogen) atoms. The van der Waals surface area contributed by atoms with Gasteiger partial charge in [-0.05, 0) is 38.4 Å². The number of rotatable bonds is 2. The van der Waals surface area contributed by atoms with Gasteiger partial charge < -0.3 is 4.74 Å². The summed E-state index contributed by atoms with van der Waals surface area (Å²) in [4.78, 5) is 2.02. The fraction of sp³-hybridized carbons (Fsp3) is 0.562. The first-order valence-corrected chi connectivity index (χ1v) is 6.88. The first kappa shape index (κ1) is 13.9. The van der Waals surface area contributed by atoms with Crippen LogP contribution in [0.3, 0.4) is 0 Å². The van der Waals surface area contributed by atoms with E-state index in [1.807, 2.05) is 31.1 Å². The Hall–Kier alpha value is -1.53. The summed E-state index contributed by atoms with van der Waals surface area (Å²) in [6, 6.07) is 8.71. The number of para-hydroxylation sites is 1. The smallest absolute Gasteiger partial charge is 0.137 e. The molecule has 0 spiro atoms. The number of hydrogen-bond acceptors (Lipinski definition) is 3. The van der Waals surface area contributed by atoms with Gasteiger partial charge in [0.1, 0.15) is 11.3 Å². The number of hydrogen-bond donors (Lipinski definition) is 0. The van der Waals surface area contributed by atoms with Crippen molar-refractivity contribution in [2.45, 2.75) is 38.1 Å². The Kier molecular flexibility index (Phi) is 3.82. The van der Waals surface area contributed by atoms with Crippen LogP contribution in [0.2, 0.25) is 0 Å². The van der Waals surface area contributed by atoms with E-state index < -0.39 is 5.54 Å². The van der Waals surface area contributed by atoms with Crippen molar-refractivity contribution in [2.24, 2.45) is 0 Å². The maximum atomic E-state index is 9.77. The molecule has 0 radical (unpaired) electrons. The summed E-state index contributed by atoms with van der Waals surface area (Å²) in [5.74, 6) is 1.32. The van der Waals surface area contributed by atoms with Crippen molar-refractivity contribution in [1.82, 2.24) is 4.90 Å². The third-order valence-corrected chi connectivity index (χ3v) is 3.99. The standard InChI is InChI=1S/C16H22N2O/c1-12(2)13-7-5-8-14-15(13)19-10-6-9-16(14,11-17)18(3)4/h5,7-8,12H,6,9-10H2,1-4H3. The number of benzene rings is 1. The van der Waals surface area contributed by atoms with E-state index in [9.17, 15) is 5.26 Å². The molecular formula is C16H22N2O. The summed E-state index contributed by atoms with van der Waals surface area (Å²) in [5.41, 5.74) is 1.64. The van der Waals surface area contributed by atoms with E-state index >= 15 is 0 Å². The van der Waals surface area contributed by atoms with E-state index in [-0.39, 0.29) is 0 Å². The van der Waals surface area contributed by atoms with E-state index in [0.29, 0.717) is 12.5 Å². The lowest BCUT2D eigenvalue weighted by Crippen LogP contribution is -2.39. The minimum absolute atomic E-state index is 0.395. The van der Waals surface area contributed by atoms with E-state index in [1.165, 1.54) is 5.56 Å². The van der Waals surface area contributed by atoms with E-state index in [0.717, 1.165) is 24.2 Å². The van der Waals surface area contributed by atoms with Gasteiger partial charge in [-0.15, -0.1) is 0 Å². The average Bonchev–Trinajstić information content (AvgIpc) is 2.57. The molecule has 1 heterocycles. The summed E-state index contributed by atoms with van der Waals surface area (Å²) in [6.45, 7) is 5.01. The van der Waals surface area contributed by atoms with Gasteiger partial charge in [-0.1, -0.05) is 32.0 Å². The monoisotopic (exact) mass is 258 g/mol. The molecule has 1 unspecified atom stereocenters. The van der Waals surface area contributed by atoms with Gasteiger partial charge in [-0.3, -0.25) is 4.90 Å². The third kappa shape index (κ3) is 2.21. The van der Waals surface area contributed by atoms with Crippen LogP contribution in [-0.2, 0) is 5.54 Å². The second-order valence-corrected chi connectivity index (χ2v) is 5.70. The molecule has 1 aromatic carbocycles. The molecule has 2 rings (SSSR count). The molecule has 1 aliphatic rings. The van der Waals surface area contributed by atoms with Crippen LogP contribution in [0.1, 0.15) is 43.7 Å². The van der Waals surface area contributed by atoms with Gasteiger partial charge in [0.25, 0.3) is 0 Å². The fourth-order valence-electron chi connectivity index (χ4n) is 2.81. The molecule has 0 N–H and O–H groups in total. The molecule has 1 atom stereocenters. The summed E-state index contributed by atoms with van der Waals surface area (Å²) in [6.07, 6.45) is 1.71. The lowest BCUT2D eigenvalue weighted by atomic mass is 9.83. The van der Waals surface area contributed by atoms with Crippen LogP contribution in [0.15, 0.2) is 18.2 Å². The molecule has 0 saturated heterocycles. The predicted molar refractivity (Wildman–Crippen MR) is 76.2 cm³/mol. The maximum absolute atomic E-state index is 9.77. The van der Waals surface area contributed by atoms with Crippen LogP contribution in [0.25, 0.3) is 0 Å². The van der Waals surface area contributed by atoms with Crippen molar-refractivity contribution < 1.29 is 4.74 Å². The van der Waals surface area contributed by atoms with Gasteiger partial charge in [-0.2, -0.15) is 5.26 Å². The van der Waals surface area contributed by atoms with Crippen LogP contribution >= 0.6 is 0 Å². The SMILES string of the molecule is CC(C)c1cccc2c1OCCCC2(C#N)N(C)C. The minimum atomic E-state index is -0.573. The quantitative estimate of drug-likeness (QED) is 0.817. The number of ether oxygens (including phenoxy) is 1. The largest absolute Gasteiger partial charge is 0.493 e. The van der Waals surface area contributed by atoms with Crippen LogP contribution in [0.5, 0.6) is 5.75 Å². The molecule has 0 aliphatic carbocycles. The lowest BCUT2D eigenvalue weighted by molar-refractivity contribution is 0.202. The van der Waals surface area contributed by atoms with E-state index in [2.05, 4.69) is 26.0 Å². The third-order valence-electron chi connectivity index (χ3n) is 3.99. The minimum Gasteiger partial charge on any atom is -0.493 e. The first-order chi connectivity index (χ1) is 9.03. The maximum Gasteiger partial charge on any atom is 0.137 e. The molecular weight excluding hydrogens is 236 g/mol. The molecule has 0 saturated carbocycles. The first-order valence-electron chi connectivity index (χ1n) is 6.88. The van der Waals surface area contributed by atoms with Crippen LogP contribution in [-0.4, -0.2) is 25.6 Å². The van der Waals surface area contributed by atoms with Gasteiger partial charge in [0.05, 0.1) is 12.7 Å². The van der Waals surface area contributed by atoms with Crippen LogP contribution in [0.4, 0.5) is 0 Å². The van der Waals surface area contributed by atoms with Gasteiger partial charge >= 0.3 is 0 Å². The van der Waals surface area contributed by atoms with Crippen molar-refractivity contribution in [3.05, 3.63) is 29.3 Å². The topological polar surface area (TPSA) is 36.3 Å². The van der Waals surface area contributed by atoms with Gasteiger partial charge in [0.2, 0.25) is 0 Å². The summed E-state index contributed by atoms with van der Waals surface area (Å²) in [7, 11) is 3.95. The Bertz CT molecular complexity index is 502. The molecule has 0 bridgehead atoms. The molecule has 0 aromatic heterocycles. The zero-order valence-electron chi connectivity index (χ0n) is 12.2. The van der Waals surface area contributed by atoms with Crippen LogP contribution in [0, 0.1) is 11.3 Å². The summed E-state index contributed by atoms with van der Waals surface area (Å²) >= 11 is 0. The van der Waals surface area contributed by atoms with Crippen LogP contribution < -0.4 is 4.74 Å². The second kappa shape index (κ2) is 5.22. The fourth-order valence-corrected chi connectivity index (χ4v) is 2.81. The summed E-state index contributed by atoms with van der Waals surface area (Å²) < 4.78 is 5.97. The Morgan fingerprint density at radius 1 is 1.37 bits per heavy atom. The van der Waals surface area contributed by atoms with E-state index in [1.54, 1.807) is 0 Å². The number of nitrogens with zero attached hydrogens (tertiary/aromatic N) is 2. The van der Waals surface area contributed by atoms with Gasteiger partial charge in [0, 0.05) is 5.56 Å². The van der Waals surface area contributed by atoms with Crippen molar-refractivity contribution >= 4 is 0 Å². The molecule has 102 valence electrons. The highest BCUT2D eigenvalue weighted by Gasteiger charge is 2.39. The predicted octanol–water partition coefficient (Wildman–Crippen LogP) is 3.26. The van der Waals surface area contributed by atoms with Crippen molar-refractivity contribution in [3.8, 4) is 11.8 Å². The highest BCUT2D eigenvalue weighted by molar-refractivity contribution is 5.50. The van der Waals surface area contributed by atoms with Gasteiger partial charge in [0.15, 0.2) is 0 Å². The summed E-state index contributed by atoms with van der Waals surface area (Å²) in [5, 5.41) is 9.77. The van der Waals surface area contributed by atoms with Crippen molar-refractivity contribution in [3.63, 3.8) is 0 Å². The second-order valence-electron chi connectivity index (χ2n) is 5.70. The lowest BCUT2D eigenvalue weighted by Gasteiger charge is -2.33. The van der Waals surface area contributed by atoms with E-state index in [4.69, 9.17) is 4.74 Å². The Morgan fingerprint density at radius 2 is 2.11 bits per heavy atom. The molecule has 3 nitrogen and oxygen atoms in total. The molecule has 3 heteroatoms. The normalized spacial score (nSPS) is 22.6. The molecule has 0 amide bonds. The number of fused-ring (bicyclic) bond motifs is 1.